The van der Waals surface area contributed by atoms with Crippen molar-refractivity contribution < 1.29 is 17.9 Å². The molecule has 2 aliphatic heterocycles. The first-order chi connectivity index (χ1) is 12.0. The van der Waals surface area contributed by atoms with Gasteiger partial charge in [-0.3, -0.25) is 0 Å². The van der Waals surface area contributed by atoms with Gasteiger partial charge >= 0.3 is 0 Å². The van der Waals surface area contributed by atoms with Gasteiger partial charge in [-0.1, -0.05) is 37.3 Å². The van der Waals surface area contributed by atoms with E-state index >= 15 is 0 Å². The molecule has 1 aliphatic carbocycles. The Bertz CT molecular complexity index is 701. The predicted octanol–water partition coefficient (Wildman–Crippen LogP) is 0.657. The zero-order valence-corrected chi connectivity index (χ0v) is 15.3. The van der Waals surface area contributed by atoms with Crippen LogP contribution in [0.2, 0.25) is 0 Å². The van der Waals surface area contributed by atoms with Crippen LogP contribution in [0.25, 0.3) is 0 Å². The first kappa shape index (κ1) is 17.4. The third-order valence-corrected chi connectivity index (χ3v) is 6.24. The number of nitrogens with zero attached hydrogens (tertiary/aromatic N) is 3. The molecule has 1 saturated carbocycles. The van der Waals surface area contributed by atoms with E-state index in [1.54, 1.807) is 0 Å². The van der Waals surface area contributed by atoms with E-state index in [1.807, 2.05) is 10.9 Å². The number of aromatic nitrogens is 3. The summed E-state index contributed by atoms with van der Waals surface area (Å²) in [4.78, 5) is 0. The summed E-state index contributed by atoms with van der Waals surface area (Å²) in [6.45, 7) is 0.784. The van der Waals surface area contributed by atoms with Crippen LogP contribution in [0.3, 0.4) is 0 Å². The van der Waals surface area contributed by atoms with Gasteiger partial charge in [0.2, 0.25) is 10.0 Å². The van der Waals surface area contributed by atoms with Crippen molar-refractivity contribution in [3.8, 4) is 0 Å². The van der Waals surface area contributed by atoms with E-state index in [9.17, 15) is 8.42 Å². The predicted molar refractivity (Wildman–Crippen MR) is 90.6 cm³/mol. The van der Waals surface area contributed by atoms with Crippen LogP contribution < -0.4 is 4.72 Å². The molecule has 0 amide bonds. The highest BCUT2D eigenvalue weighted by atomic mass is 32.2. The molecule has 0 bridgehead atoms. The van der Waals surface area contributed by atoms with Crippen molar-refractivity contribution in [2.75, 3.05) is 19.5 Å². The number of rotatable bonds is 5. The molecular weight excluding hydrogens is 344 g/mol. The van der Waals surface area contributed by atoms with Gasteiger partial charge in [-0.05, 0) is 12.3 Å². The van der Waals surface area contributed by atoms with Crippen molar-refractivity contribution in [2.24, 2.45) is 5.92 Å². The zero-order chi connectivity index (χ0) is 17.4. The summed E-state index contributed by atoms with van der Waals surface area (Å²) >= 11 is 0. The standard InChI is InChI=1S/C16H26N4O4S/c1-25(21,22)18-13-9-23-16-14(10-24-15(13)16)20-8-12(17-19-20)7-11-5-3-2-4-6-11/h8,11,13-16,18H,2-7,9-10H2,1H3/t13-,14-,15+,16+/m0/s1. The maximum absolute atomic E-state index is 11.5. The fraction of sp³-hybridized carbons (Fsp3) is 0.875. The number of fused-ring (bicyclic) bond motifs is 1. The summed E-state index contributed by atoms with van der Waals surface area (Å²) in [6, 6.07) is -0.390. The molecule has 4 rings (SSSR count). The summed E-state index contributed by atoms with van der Waals surface area (Å²) in [5.74, 6) is 0.720. The number of ether oxygens (including phenoxy) is 2. The average molecular weight is 370 g/mol. The minimum atomic E-state index is -3.29. The smallest absolute Gasteiger partial charge is 0.209 e. The minimum absolute atomic E-state index is 0.0519. The van der Waals surface area contributed by atoms with Gasteiger partial charge in [0.05, 0.1) is 31.2 Å². The molecular formula is C16H26N4O4S. The highest BCUT2D eigenvalue weighted by Crippen LogP contribution is 2.34. The third-order valence-electron chi connectivity index (χ3n) is 5.51. The van der Waals surface area contributed by atoms with Crippen molar-refractivity contribution in [2.45, 2.75) is 62.8 Å². The van der Waals surface area contributed by atoms with E-state index in [1.165, 1.54) is 32.1 Å². The molecule has 1 aromatic rings. The molecule has 2 saturated heterocycles. The Hall–Kier alpha value is -1.03. The second-order valence-corrected chi connectivity index (χ2v) is 9.34. The van der Waals surface area contributed by atoms with Crippen LogP contribution in [0, 0.1) is 5.92 Å². The first-order valence-corrected chi connectivity index (χ1v) is 11.0. The lowest BCUT2D eigenvalue weighted by atomic mass is 9.86. The molecule has 0 radical (unpaired) electrons. The van der Waals surface area contributed by atoms with Gasteiger partial charge in [0, 0.05) is 6.20 Å². The first-order valence-electron chi connectivity index (χ1n) is 9.11. The molecule has 0 aromatic carbocycles. The van der Waals surface area contributed by atoms with Gasteiger partial charge in [-0.2, -0.15) is 0 Å². The van der Waals surface area contributed by atoms with E-state index in [0.717, 1.165) is 24.3 Å². The number of nitrogens with one attached hydrogen (secondary N) is 1. The molecule has 0 spiro atoms. The van der Waals surface area contributed by atoms with Crippen LogP contribution in [0.4, 0.5) is 0 Å². The quantitative estimate of drug-likeness (QED) is 0.818. The molecule has 1 N–H and O–H groups in total. The third kappa shape index (κ3) is 3.89. The Morgan fingerprint density at radius 2 is 1.96 bits per heavy atom. The normalized spacial score (nSPS) is 33.6. The lowest BCUT2D eigenvalue weighted by molar-refractivity contribution is 0.0624. The highest BCUT2D eigenvalue weighted by molar-refractivity contribution is 7.88. The van der Waals surface area contributed by atoms with Gasteiger partial charge in [0.15, 0.2) is 0 Å². The van der Waals surface area contributed by atoms with Crippen molar-refractivity contribution in [3.63, 3.8) is 0 Å². The second kappa shape index (κ2) is 6.94. The number of hydrogen-bond acceptors (Lipinski definition) is 6. The van der Waals surface area contributed by atoms with Gasteiger partial charge < -0.3 is 9.47 Å². The molecule has 3 heterocycles. The summed E-state index contributed by atoms with van der Waals surface area (Å²) in [7, 11) is -3.29. The molecule has 4 atom stereocenters. The van der Waals surface area contributed by atoms with Crippen molar-refractivity contribution in [1.82, 2.24) is 19.7 Å². The van der Waals surface area contributed by atoms with Gasteiger partial charge in [-0.25, -0.2) is 17.8 Å². The van der Waals surface area contributed by atoms with E-state index < -0.39 is 10.0 Å². The van der Waals surface area contributed by atoms with Crippen LogP contribution in [0.15, 0.2) is 6.20 Å². The largest absolute Gasteiger partial charge is 0.371 e. The van der Waals surface area contributed by atoms with Crippen LogP contribution >= 0.6 is 0 Å². The van der Waals surface area contributed by atoms with Crippen molar-refractivity contribution >= 4 is 10.0 Å². The lowest BCUT2D eigenvalue weighted by Gasteiger charge is -2.20. The monoisotopic (exact) mass is 370 g/mol. The van der Waals surface area contributed by atoms with E-state index in [2.05, 4.69) is 15.0 Å². The van der Waals surface area contributed by atoms with Crippen LogP contribution in [0.5, 0.6) is 0 Å². The molecule has 0 unspecified atom stereocenters. The van der Waals surface area contributed by atoms with Crippen molar-refractivity contribution in [3.05, 3.63) is 11.9 Å². The maximum atomic E-state index is 11.5. The molecule has 25 heavy (non-hydrogen) atoms. The summed E-state index contributed by atoms with van der Waals surface area (Å²) in [6.07, 6.45) is 10.2. The lowest BCUT2D eigenvalue weighted by Crippen LogP contribution is -2.43. The van der Waals surface area contributed by atoms with Crippen LogP contribution in [-0.2, 0) is 25.9 Å². The maximum Gasteiger partial charge on any atom is 0.209 e. The van der Waals surface area contributed by atoms with Gasteiger partial charge in [-0.15, -0.1) is 5.10 Å². The molecule has 3 aliphatic rings. The van der Waals surface area contributed by atoms with E-state index in [0.29, 0.717) is 13.2 Å². The Kier molecular flexibility index (Phi) is 4.83. The SMILES string of the molecule is CS(=O)(=O)N[C@H]1CO[C@H]2[C@@H]1OC[C@@H]2n1cc(CC2CCCCC2)nn1. The summed E-state index contributed by atoms with van der Waals surface area (Å²) < 4.78 is 39.0. The fourth-order valence-corrected chi connectivity index (χ4v) is 5.09. The molecule has 140 valence electrons. The summed E-state index contributed by atoms with van der Waals surface area (Å²) in [5.41, 5.74) is 1.03. The Balaban J connectivity index is 1.40. The Morgan fingerprint density at radius 3 is 2.72 bits per heavy atom. The van der Waals surface area contributed by atoms with E-state index in [4.69, 9.17) is 9.47 Å². The van der Waals surface area contributed by atoms with Gasteiger partial charge in [0.1, 0.15) is 18.2 Å². The van der Waals surface area contributed by atoms with Crippen molar-refractivity contribution in [1.29, 1.82) is 0 Å². The fourth-order valence-electron chi connectivity index (χ4n) is 4.34. The van der Waals surface area contributed by atoms with Crippen LogP contribution in [-0.4, -0.2) is 61.1 Å². The zero-order valence-electron chi connectivity index (χ0n) is 14.5. The van der Waals surface area contributed by atoms with Gasteiger partial charge in [0.25, 0.3) is 0 Å². The molecule has 9 heteroatoms. The number of hydrogen-bond donors (Lipinski definition) is 1. The average Bonchev–Trinajstić information content (AvgIpc) is 3.25. The van der Waals surface area contributed by atoms with E-state index in [-0.39, 0.29) is 24.3 Å². The summed E-state index contributed by atoms with van der Waals surface area (Å²) in [5, 5.41) is 8.63. The molecule has 8 nitrogen and oxygen atoms in total. The number of sulfonamides is 1. The van der Waals surface area contributed by atoms with Crippen LogP contribution in [0.1, 0.15) is 43.8 Å². The molecule has 1 aromatic heterocycles. The Morgan fingerprint density at radius 1 is 1.20 bits per heavy atom. The second-order valence-electron chi connectivity index (χ2n) is 7.56. The topological polar surface area (TPSA) is 95.3 Å². The highest BCUT2D eigenvalue weighted by Gasteiger charge is 2.49. The molecule has 3 fully saturated rings. The minimum Gasteiger partial charge on any atom is -0.371 e. The Labute approximate surface area is 148 Å².